The summed E-state index contributed by atoms with van der Waals surface area (Å²) < 4.78 is 1.51. The molecule has 0 radical (unpaired) electrons. The third-order valence-electron chi connectivity index (χ3n) is 4.63. The van der Waals surface area contributed by atoms with Crippen molar-refractivity contribution < 1.29 is 0 Å². The van der Waals surface area contributed by atoms with E-state index in [-0.39, 0.29) is 5.56 Å². The zero-order chi connectivity index (χ0) is 19.8. The molecule has 6 nitrogen and oxygen atoms in total. The molecule has 7 heteroatoms. The third kappa shape index (κ3) is 3.09. The van der Waals surface area contributed by atoms with Crippen molar-refractivity contribution in [2.75, 3.05) is 0 Å². The van der Waals surface area contributed by atoms with Gasteiger partial charge in [-0.2, -0.15) is 0 Å². The Hall–Kier alpha value is -3.77. The number of pyridine rings is 1. The van der Waals surface area contributed by atoms with E-state index >= 15 is 0 Å². The van der Waals surface area contributed by atoms with Gasteiger partial charge in [0.05, 0.1) is 15.9 Å². The molecule has 3 heterocycles. The van der Waals surface area contributed by atoms with Crippen molar-refractivity contribution >= 4 is 22.5 Å². The molecule has 5 aromatic rings. The van der Waals surface area contributed by atoms with Crippen LogP contribution in [0.1, 0.15) is 0 Å². The van der Waals surface area contributed by atoms with E-state index in [2.05, 4.69) is 15.0 Å². The highest BCUT2D eigenvalue weighted by atomic mass is 35.5. The van der Waals surface area contributed by atoms with E-state index in [9.17, 15) is 4.79 Å². The van der Waals surface area contributed by atoms with Crippen molar-refractivity contribution in [3.8, 4) is 28.6 Å². The standard InChI is InChI=1S/C22H14ClN5O/c23-16-9-10-19(26-13-16)28-21(27-18-4-2-1-3-17(18)22(28)29)15-7-5-14(6-8-15)20-24-11-12-25-20/h1-13H,(H,24,25). The molecule has 140 valence electrons. The van der Waals surface area contributed by atoms with Gasteiger partial charge in [-0.1, -0.05) is 48.0 Å². The van der Waals surface area contributed by atoms with Gasteiger partial charge in [0.15, 0.2) is 0 Å². The number of para-hydroxylation sites is 1. The van der Waals surface area contributed by atoms with Gasteiger partial charge in [0.2, 0.25) is 0 Å². The van der Waals surface area contributed by atoms with Crippen LogP contribution < -0.4 is 5.56 Å². The quantitative estimate of drug-likeness (QED) is 0.485. The second-order valence-electron chi connectivity index (χ2n) is 6.44. The summed E-state index contributed by atoms with van der Waals surface area (Å²) >= 11 is 5.98. The fourth-order valence-electron chi connectivity index (χ4n) is 3.24. The maximum atomic E-state index is 13.3. The minimum Gasteiger partial charge on any atom is -0.345 e. The summed E-state index contributed by atoms with van der Waals surface area (Å²) in [5.74, 6) is 1.75. The summed E-state index contributed by atoms with van der Waals surface area (Å²) in [6, 6.07) is 18.4. The molecule has 0 unspecified atom stereocenters. The number of hydrogen-bond acceptors (Lipinski definition) is 4. The number of fused-ring (bicyclic) bond motifs is 1. The van der Waals surface area contributed by atoms with Gasteiger partial charge in [-0.15, -0.1) is 0 Å². The van der Waals surface area contributed by atoms with Gasteiger partial charge in [-0.25, -0.2) is 19.5 Å². The lowest BCUT2D eigenvalue weighted by molar-refractivity contribution is 0.932. The first-order valence-corrected chi connectivity index (χ1v) is 9.32. The average Bonchev–Trinajstić information content (AvgIpc) is 3.30. The number of H-pyrrole nitrogens is 1. The van der Waals surface area contributed by atoms with Crippen LogP contribution in [-0.4, -0.2) is 24.5 Å². The first kappa shape index (κ1) is 17.3. The van der Waals surface area contributed by atoms with Gasteiger partial charge in [0, 0.05) is 29.7 Å². The lowest BCUT2D eigenvalue weighted by Gasteiger charge is -2.13. The number of hydrogen-bond donors (Lipinski definition) is 1. The highest BCUT2D eigenvalue weighted by molar-refractivity contribution is 6.30. The molecule has 1 N–H and O–H groups in total. The summed E-state index contributed by atoms with van der Waals surface area (Å²) in [6.07, 6.45) is 5.00. The van der Waals surface area contributed by atoms with Crippen LogP contribution in [0.3, 0.4) is 0 Å². The minimum absolute atomic E-state index is 0.185. The largest absolute Gasteiger partial charge is 0.345 e. The first-order chi connectivity index (χ1) is 14.2. The molecule has 0 spiro atoms. The van der Waals surface area contributed by atoms with E-state index in [4.69, 9.17) is 16.6 Å². The summed E-state index contributed by atoms with van der Waals surface area (Å²) in [6.45, 7) is 0. The molecule has 0 aliphatic carbocycles. The number of nitrogens with one attached hydrogen (secondary N) is 1. The molecule has 5 rings (SSSR count). The number of nitrogens with zero attached hydrogens (tertiary/aromatic N) is 4. The Balaban J connectivity index is 1.75. The van der Waals surface area contributed by atoms with E-state index in [0.29, 0.717) is 27.6 Å². The predicted molar refractivity (Wildman–Crippen MR) is 113 cm³/mol. The number of aromatic nitrogens is 5. The SMILES string of the molecule is O=c1c2ccccc2nc(-c2ccc(-c3ncc[nH]3)cc2)n1-c1ccc(Cl)cn1. The fourth-order valence-corrected chi connectivity index (χ4v) is 3.35. The van der Waals surface area contributed by atoms with E-state index in [0.717, 1.165) is 17.0 Å². The summed E-state index contributed by atoms with van der Waals surface area (Å²) in [7, 11) is 0. The van der Waals surface area contributed by atoms with Crippen molar-refractivity contribution in [3.63, 3.8) is 0 Å². The van der Waals surface area contributed by atoms with E-state index in [1.807, 2.05) is 42.5 Å². The van der Waals surface area contributed by atoms with E-state index < -0.39 is 0 Å². The number of halogens is 1. The highest BCUT2D eigenvalue weighted by Gasteiger charge is 2.15. The molecule has 0 aliphatic rings. The number of rotatable bonds is 3. The van der Waals surface area contributed by atoms with Gasteiger partial charge in [-0.05, 0) is 24.3 Å². The molecule has 0 saturated carbocycles. The van der Waals surface area contributed by atoms with Gasteiger partial charge >= 0.3 is 0 Å². The Kier molecular flexibility index (Phi) is 4.18. The molecule has 0 amide bonds. The second kappa shape index (κ2) is 7.00. The van der Waals surface area contributed by atoms with Gasteiger partial charge in [0.25, 0.3) is 5.56 Å². The van der Waals surface area contributed by atoms with Crippen molar-refractivity contribution in [1.82, 2.24) is 24.5 Å². The van der Waals surface area contributed by atoms with Gasteiger partial charge < -0.3 is 4.98 Å². The predicted octanol–water partition coefficient (Wildman–Crippen LogP) is 4.49. The zero-order valence-corrected chi connectivity index (χ0v) is 15.8. The monoisotopic (exact) mass is 399 g/mol. The molecule has 0 atom stereocenters. The Morgan fingerprint density at radius 2 is 1.69 bits per heavy atom. The molecule has 2 aromatic carbocycles. The van der Waals surface area contributed by atoms with Crippen LogP contribution in [0.4, 0.5) is 0 Å². The smallest absolute Gasteiger partial charge is 0.267 e. The number of aromatic amines is 1. The number of benzene rings is 2. The molecule has 29 heavy (non-hydrogen) atoms. The summed E-state index contributed by atoms with van der Waals surface area (Å²) in [5.41, 5.74) is 2.18. The third-order valence-corrected chi connectivity index (χ3v) is 4.85. The lowest BCUT2D eigenvalue weighted by atomic mass is 10.1. The molecule has 0 bridgehead atoms. The number of imidazole rings is 1. The van der Waals surface area contributed by atoms with Crippen LogP contribution in [0.15, 0.2) is 84.0 Å². The molecular formula is C22H14ClN5O. The van der Waals surface area contributed by atoms with Crippen molar-refractivity contribution in [1.29, 1.82) is 0 Å². The summed E-state index contributed by atoms with van der Waals surface area (Å²) in [4.78, 5) is 29.7. The highest BCUT2D eigenvalue weighted by Crippen LogP contribution is 2.24. The van der Waals surface area contributed by atoms with E-state index in [1.165, 1.54) is 10.8 Å². The molecule has 0 aliphatic heterocycles. The molecule has 0 saturated heterocycles. The molecule has 0 fully saturated rings. The maximum Gasteiger partial charge on any atom is 0.267 e. The Morgan fingerprint density at radius 3 is 2.41 bits per heavy atom. The minimum atomic E-state index is -0.185. The molecular weight excluding hydrogens is 386 g/mol. The Labute approximate surface area is 170 Å². The van der Waals surface area contributed by atoms with Gasteiger partial charge in [-0.3, -0.25) is 4.79 Å². The Bertz CT molecular complexity index is 1360. The lowest BCUT2D eigenvalue weighted by Crippen LogP contribution is -2.22. The average molecular weight is 400 g/mol. The normalized spacial score (nSPS) is 11.1. The topological polar surface area (TPSA) is 76.5 Å². The second-order valence-corrected chi connectivity index (χ2v) is 6.88. The van der Waals surface area contributed by atoms with Crippen molar-refractivity contribution in [2.45, 2.75) is 0 Å². The van der Waals surface area contributed by atoms with Crippen LogP contribution in [-0.2, 0) is 0 Å². The van der Waals surface area contributed by atoms with Gasteiger partial charge in [0.1, 0.15) is 17.5 Å². The molecule has 3 aromatic heterocycles. The fraction of sp³-hybridized carbons (Fsp3) is 0. The van der Waals surface area contributed by atoms with Crippen LogP contribution >= 0.6 is 11.6 Å². The van der Waals surface area contributed by atoms with Crippen LogP contribution in [0.5, 0.6) is 0 Å². The van der Waals surface area contributed by atoms with Crippen molar-refractivity contribution in [2.24, 2.45) is 0 Å². The Morgan fingerprint density at radius 1 is 0.897 bits per heavy atom. The maximum absolute atomic E-state index is 13.3. The van der Waals surface area contributed by atoms with Crippen LogP contribution in [0.25, 0.3) is 39.5 Å². The summed E-state index contributed by atoms with van der Waals surface area (Å²) in [5, 5.41) is 1.03. The zero-order valence-electron chi connectivity index (χ0n) is 15.1. The van der Waals surface area contributed by atoms with Crippen LogP contribution in [0.2, 0.25) is 5.02 Å². The van der Waals surface area contributed by atoms with Crippen LogP contribution in [0, 0.1) is 0 Å². The van der Waals surface area contributed by atoms with Crippen molar-refractivity contribution in [3.05, 3.63) is 94.6 Å². The van der Waals surface area contributed by atoms with E-state index in [1.54, 1.807) is 30.6 Å². The first-order valence-electron chi connectivity index (χ1n) is 8.94.